The highest BCUT2D eigenvalue weighted by Crippen LogP contribution is 2.22. The van der Waals surface area contributed by atoms with Crippen LogP contribution in [0.1, 0.15) is 52.4 Å². The minimum absolute atomic E-state index is 0.207. The number of rotatable bonds is 6. The predicted molar refractivity (Wildman–Crippen MR) is 62.8 cm³/mol. The lowest BCUT2D eigenvalue weighted by molar-refractivity contribution is -0.127. The van der Waals surface area contributed by atoms with Gasteiger partial charge in [-0.3, -0.25) is 4.79 Å². The minimum Gasteiger partial charge on any atom is -0.354 e. The monoisotopic (exact) mass is 212 g/mol. The maximum atomic E-state index is 12.0. The Kier molecular flexibility index (Phi) is 5.09. The van der Waals surface area contributed by atoms with E-state index >= 15 is 0 Å². The Hall–Kier alpha value is -0.570. The SMILES string of the molecule is CCCCCNC(=O)C1(CC)CCCN1. The molecule has 0 aliphatic carbocycles. The van der Waals surface area contributed by atoms with Crippen LogP contribution in [0.3, 0.4) is 0 Å². The number of carbonyl (C=O) groups excluding carboxylic acids is 1. The van der Waals surface area contributed by atoms with Gasteiger partial charge in [0.25, 0.3) is 0 Å². The van der Waals surface area contributed by atoms with Crippen LogP contribution >= 0.6 is 0 Å². The molecule has 1 heterocycles. The highest BCUT2D eigenvalue weighted by atomic mass is 16.2. The second-order valence-electron chi connectivity index (χ2n) is 4.43. The van der Waals surface area contributed by atoms with Crippen LogP contribution in [-0.2, 0) is 4.79 Å². The first kappa shape index (κ1) is 12.5. The quantitative estimate of drug-likeness (QED) is 0.659. The molecule has 0 radical (unpaired) electrons. The van der Waals surface area contributed by atoms with Crippen LogP contribution in [-0.4, -0.2) is 24.5 Å². The Morgan fingerprint density at radius 3 is 2.73 bits per heavy atom. The Morgan fingerprint density at radius 1 is 1.40 bits per heavy atom. The molecule has 1 fully saturated rings. The predicted octanol–water partition coefficient (Wildman–Crippen LogP) is 1.82. The Labute approximate surface area is 93.0 Å². The van der Waals surface area contributed by atoms with Crippen molar-refractivity contribution >= 4 is 5.91 Å². The van der Waals surface area contributed by atoms with E-state index in [0.29, 0.717) is 0 Å². The number of unbranched alkanes of at least 4 members (excludes halogenated alkanes) is 2. The van der Waals surface area contributed by atoms with Crippen LogP contribution in [0.25, 0.3) is 0 Å². The summed E-state index contributed by atoms with van der Waals surface area (Å²) in [4.78, 5) is 12.0. The molecule has 1 unspecified atom stereocenters. The lowest BCUT2D eigenvalue weighted by Gasteiger charge is -2.26. The van der Waals surface area contributed by atoms with Gasteiger partial charge in [-0.1, -0.05) is 26.7 Å². The fourth-order valence-electron chi connectivity index (χ4n) is 2.21. The molecule has 0 aromatic rings. The lowest BCUT2D eigenvalue weighted by Crippen LogP contribution is -2.53. The lowest BCUT2D eigenvalue weighted by atomic mass is 9.93. The molecule has 0 bridgehead atoms. The van der Waals surface area contributed by atoms with Crippen LogP contribution in [0, 0.1) is 0 Å². The molecule has 0 aromatic heterocycles. The second kappa shape index (κ2) is 6.11. The molecule has 3 heteroatoms. The highest BCUT2D eigenvalue weighted by Gasteiger charge is 2.38. The normalized spacial score (nSPS) is 25.5. The van der Waals surface area contributed by atoms with Gasteiger partial charge in [0.2, 0.25) is 5.91 Å². The van der Waals surface area contributed by atoms with Gasteiger partial charge >= 0.3 is 0 Å². The first-order valence-electron chi connectivity index (χ1n) is 6.28. The van der Waals surface area contributed by atoms with E-state index in [1.54, 1.807) is 0 Å². The molecule has 1 amide bonds. The third-order valence-electron chi connectivity index (χ3n) is 3.35. The summed E-state index contributed by atoms with van der Waals surface area (Å²) in [6.07, 6.45) is 6.51. The summed E-state index contributed by atoms with van der Waals surface area (Å²) in [5.41, 5.74) is -0.258. The van der Waals surface area contributed by atoms with Crippen LogP contribution in [0.2, 0.25) is 0 Å². The van der Waals surface area contributed by atoms with Crippen molar-refractivity contribution in [1.82, 2.24) is 10.6 Å². The van der Waals surface area contributed by atoms with Crippen molar-refractivity contribution in [3.63, 3.8) is 0 Å². The van der Waals surface area contributed by atoms with Gasteiger partial charge in [0, 0.05) is 6.54 Å². The number of hydrogen-bond donors (Lipinski definition) is 2. The molecule has 88 valence electrons. The van der Waals surface area contributed by atoms with Gasteiger partial charge in [0.15, 0.2) is 0 Å². The zero-order chi connectivity index (χ0) is 11.1. The molecule has 0 aromatic carbocycles. The fourth-order valence-corrected chi connectivity index (χ4v) is 2.21. The summed E-state index contributed by atoms with van der Waals surface area (Å²) in [7, 11) is 0. The van der Waals surface area contributed by atoms with Crippen molar-refractivity contribution in [3.8, 4) is 0 Å². The first-order valence-corrected chi connectivity index (χ1v) is 6.28. The van der Waals surface area contributed by atoms with Crippen molar-refractivity contribution in [2.24, 2.45) is 0 Å². The standard InChI is InChI=1S/C12H24N2O/c1-3-5-6-9-13-11(15)12(4-2)8-7-10-14-12/h14H,3-10H2,1-2H3,(H,13,15). The molecule has 1 atom stereocenters. The number of amides is 1. The van der Waals surface area contributed by atoms with Crippen molar-refractivity contribution in [3.05, 3.63) is 0 Å². The first-order chi connectivity index (χ1) is 7.25. The van der Waals surface area contributed by atoms with Crippen LogP contribution in [0.5, 0.6) is 0 Å². The minimum atomic E-state index is -0.258. The average Bonchev–Trinajstić information content (AvgIpc) is 2.74. The summed E-state index contributed by atoms with van der Waals surface area (Å²) in [5, 5.41) is 6.40. The van der Waals surface area contributed by atoms with E-state index < -0.39 is 0 Å². The molecule has 15 heavy (non-hydrogen) atoms. The van der Waals surface area contributed by atoms with Gasteiger partial charge in [0.05, 0.1) is 5.54 Å². The molecule has 3 nitrogen and oxygen atoms in total. The van der Waals surface area contributed by atoms with E-state index in [2.05, 4.69) is 24.5 Å². The maximum absolute atomic E-state index is 12.0. The van der Waals surface area contributed by atoms with Crippen molar-refractivity contribution in [2.45, 2.75) is 57.9 Å². The van der Waals surface area contributed by atoms with Crippen molar-refractivity contribution in [1.29, 1.82) is 0 Å². The third-order valence-corrected chi connectivity index (χ3v) is 3.35. The van der Waals surface area contributed by atoms with Gasteiger partial charge in [0.1, 0.15) is 0 Å². The van der Waals surface area contributed by atoms with E-state index in [0.717, 1.165) is 38.8 Å². The Bertz CT molecular complexity index is 198. The van der Waals surface area contributed by atoms with Gasteiger partial charge in [-0.25, -0.2) is 0 Å². The molecule has 1 aliphatic heterocycles. The molecule has 0 spiro atoms. The average molecular weight is 212 g/mol. The van der Waals surface area contributed by atoms with E-state index in [1.165, 1.54) is 12.8 Å². The number of nitrogens with one attached hydrogen (secondary N) is 2. The van der Waals surface area contributed by atoms with Gasteiger partial charge < -0.3 is 10.6 Å². The zero-order valence-corrected chi connectivity index (χ0v) is 10.1. The Morgan fingerprint density at radius 2 is 2.20 bits per heavy atom. The molecule has 1 aliphatic rings. The van der Waals surface area contributed by atoms with Crippen LogP contribution < -0.4 is 10.6 Å². The number of hydrogen-bond acceptors (Lipinski definition) is 2. The largest absolute Gasteiger partial charge is 0.354 e. The zero-order valence-electron chi connectivity index (χ0n) is 10.1. The summed E-state index contributed by atoms with van der Waals surface area (Å²) in [5.74, 6) is 0.207. The summed E-state index contributed by atoms with van der Waals surface area (Å²) < 4.78 is 0. The smallest absolute Gasteiger partial charge is 0.240 e. The molecule has 1 rings (SSSR count). The van der Waals surface area contributed by atoms with Crippen LogP contribution in [0.15, 0.2) is 0 Å². The molecule has 1 saturated heterocycles. The fraction of sp³-hybridized carbons (Fsp3) is 0.917. The van der Waals surface area contributed by atoms with Crippen molar-refractivity contribution in [2.75, 3.05) is 13.1 Å². The molecular formula is C12H24N2O. The number of carbonyl (C=O) groups is 1. The van der Waals surface area contributed by atoms with E-state index in [4.69, 9.17) is 0 Å². The molecule has 0 saturated carbocycles. The van der Waals surface area contributed by atoms with Gasteiger partial charge in [-0.15, -0.1) is 0 Å². The van der Waals surface area contributed by atoms with E-state index in [9.17, 15) is 4.79 Å². The van der Waals surface area contributed by atoms with E-state index in [-0.39, 0.29) is 11.4 Å². The highest BCUT2D eigenvalue weighted by molar-refractivity contribution is 5.86. The summed E-state index contributed by atoms with van der Waals surface area (Å²) in [6.45, 7) is 6.07. The van der Waals surface area contributed by atoms with Gasteiger partial charge in [-0.05, 0) is 32.2 Å². The van der Waals surface area contributed by atoms with Crippen molar-refractivity contribution < 1.29 is 4.79 Å². The second-order valence-corrected chi connectivity index (χ2v) is 4.43. The summed E-state index contributed by atoms with van der Waals surface area (Å²) >= 11 is 0. The molecule has 2 N–H and O–H groups in total. The summed E-state index contributed by atoms with van der Waals surface area (Å²) in [6, 6.07) is 0. The third kappa shape index (κ3) is 3.20. The maximum Gasteiger partial charge on any atom is 0.240 e. The Balaban J connectivity index is 2.31. The van der Waals surface area contributed by atoms with E-state index in [1.807, 2.05) is 0 Å². The molecular weight excluding hydrogens is 188 g/mol. The topological polar surface area (TPSA) is 41.1 Å². The van der Waals surface area contributed by atoms with Gasteiger partial charge in [-0.2, -0.15) is 0 Å². The van der Waals surface area contributed by atoms with Crippen LogP contribution in [0.4, 0.5) is 0 Å².